The average molecular weight is 515 g/mol. The molecule has 1 aliphatic rings. The second kappa shape index (κ2) is 9.11. The fourth-order valence-electron chi connectivity index (χ4n) is 3.16. The summed E-state index contributed by atoms with van der Waals surface area (Å²) in [4.78, 5) is 27.9. The number of hydrogen-bond donors (Lipinski definition) is 1. The van der Waals surface area contributed by atoms with Gasteiger partial charge < -0.3 is 19.3 Å². The third-order valence-corrected chi connectivity index (χ3v) is 6.30. The summed E-state index contributed by atoms with van der Waals surface area (Å²) in [6.45, 7) is 3.21. The van der Waals surface area contributed by atoms with Gasteiger partial charge in [0.2, 0.25) is 0 Å². The van der Waals surface area contributed by atoms with Crippen LogP contribution >= 0.6 is 31.9 Å². The molecule has 2 heterocycles. The number of aromatic hydroxyl groups is 1. The van der Waals surface area contributed by atoms with Gasteiger partial charge in [-0.3, -0.25) is 9.69 Å². The van der Waals surface area contributed by atoms with Crippen LogP contribution in [0.2, 0.25) is 0 Å². The maximum Gasteiger partial charge on any atom is 0.409 e. The largest absolute Gasteiger partial charge is 0.503 e. The van der Waals surface area contributed by atoms with E-state index in [1.165, 1.54) is 11.7 Å². The number of nitrogens with zero attached hydrogens (tertiary/aromatic N) is 3. The molecule has 0 bridgehead atoms. The van der Waals surface area contributed by atoms with Crippen LogP contribution in [-0.4, -0.2) is 58.9 Å². The lowest BCUT2D eigenvalue weighted by molar-refractivity contribution is 0.0885. The predicted octanol–water partition coefficient (Wildman–Crippen LogP) is 3.01. The van der Waals surface area contributed by atoms with Crippen LogP contribution in [-0.2, 0) is 17.8 Å². The summed E-state index contributed by atoms with van der Waals surface area (Å²) in [6.07, 6.45) is 1.37. The number of benzene rings is 1. The van der Waals surface area contributed by atoms with E-state index in [-0.39, 0.29) is 11.8 Å². The topological polar surface area (TPSA) is 75.0 Å². The highest BCUT2D eigenvalue weighted by Crippen LogP contribution is 2.26. The van der Waals surface area contributed by atoms with Gasteiger partial charge in [-0.25, -0.2) is 4.79 Å². The fourth-order valence-corrected chi connectivity index (χ4v) is 4.41. The maximum atomic E-state index is 12.6. The van der Waals surface area contributed by atoms with Crippen molar-refractivity contribution in [3.8, 4) is 5.75 Å². The highest BCUT2D eigenvalue weighted by atomic mass is 79.9. The van der Waals surface area contributed by atoms with Crippen molar-refractivity contribution in [2.45, 2.75) is 13.1 Å². The molecule has 1 fully saturated rings. The lowest BCUT2D eigenvalue weighted by atomic mass is 10.2. The Morgan fingerprint density at radius 2 is 1.75 bits per heavy atom. The third-order valence-electron chi connectivity index (χ3n) is 4.81. The molecule has 0 spiro atoms. The Hall–Kier alpha value is -1.84. The van der Waals surface area contributed by atoms with Crippen LogP contribution in [0.3, 0.4) is 0 Å². The summed E-state index contributed by atoms with van der Waals surface area (Å²) >= 11 is 6.99. The minimum atomic E-state index is -0.423. The van der Waals surface area contributed by atoms with E-state index in [1.807, 2.05) is 18.2 Å². The molecule has 150 valence electrons. The lowest BCUT2D eigenvalue weighted by Gasteiger charge is -2.33. The molecule has 1 amide bonds. The molecule has 1 aliphatic heterocycles. The van der Waals surface area contributed by atoms with Crippen LogP contribution in [0.1, 0.15) is 11.1 Å². The van der Waals surface area contributed by atoms with Crippen molar-refractivity contribution < 1.29 is 14.6 Å². The molecule has 28 heavy (non-hydrogen) atoms. The maximum absolute atomic E-state index is 12.6. The molecule has 0 saturated carbocycles. The number of carbonyl (C=O) groups is 1. The van der Waals surface area contributed by atoms with Crippen LogP contribution < -0.4 is 5.56 Å². The molecule has 2 aromatic rings. The summed E-state index contributed by atoms with van der Waals surface area (Å²) in [5, 5.41) is 10.4. The van der Waals surface area contributed by atoms with E-state index in [0.717, 1.165) is 14.5 Å². The van der Waals surface area contributed by atoms with E-state index in [1.54, 1.807) is 17.2 Å². The summed E-state index contributed by atoms with van der Waals surface area (Å²) < 4.78 is 8.00. The zero-order valence-electron chi connectivity index (χ0n) is 15.4. The molecule has 0 atom stereocenters. The SMILES string of the molecule is COC(=O)N1CCN(Cc2ccn(Cc3c(Br)cccc3Br)c(=O)c2O)CC1. The zero-order valence-corrected chi connectivity index (χ0v) is 18.6. The standard InChI is InChI=1S/C19H21Br2N3O4/c1-28-19(27)23-9-7-22(8-10-23)11-13-5-6-24(18(26)17(13)25)12-14-15(20)3-2-4-16(14)21/h2-6,25H,7-12H2,1H3. The molecular formula is C19H21Br2N3O4. The Balaban J connectivity index is 1.71. The Kier molecular flexibility index (Phi) is 6.79. The predicted molar refractivity (Wildman–Crippen MR) is 113 cm³/mol. The van der Waals surface area contributed by atoms with Crippen molar-refractivity contribution in [1.29, 1.82) is 0 Å². The molecule has 0 radical (unpaired) electrons. The van der Waals surface area contributed by atoms with E-state index in [0.29, 0.717) is 44.8 Å². The highest BCUT2D eigenvalue weighted by Gasteiger charge is 2.22. The number of aromatic nitrogens is 1. The number of rotatable bonds is 4. The highest BCUT2D eigenvalue weighted by molar-refractivity contribution is 9.11. The van der Waals surface area contributed by atoms with Crippen molar-refractivity contribution in [3.63, 3.8) is 0 Å². The number of piperazine rings is 1. The molecule has 1 aromatic carbocycles. The summed E-state index contributed by atoms with van der Waals surface area (Å²) in [5.41, 5.74) is 1.09. The van der Waals surface area contributed by atoms with E-state index in [4.69, 9.17) is 4.74 Å². The smallest absolute Gasteiger partial charge is 0.409 e. The molecule has 0 aliphatic carbocycles. The number of pyridine rings is 1. The molecular weight excluding hydrogens is 494 g/mol. The van der Waals surface area contributed by atoms with Gasteiger partial charge in [-0.1, -0.05) is 37.9 Å². The van der Waals surface area contributed by atoms with Crippen LogP contribution in [0.5, 0.6) is 5.75 Å². The van der Waals surface area contributed by atoms with Gasteiger partial charge in [0, 0.05) is 59.0 Å². The lowest BCUT2D eigenvalue weighted by Crippen LogP contribution is -2.48. The van der Waals surface area contributed by atoms with Crippen molar-refractivity contribution >= 4 is 38.0 Å². The van der Waals surface area contributed by atoms with Gasteiger partial charge in [0.05, 0.1) is 13.7 Å². The molecule has 7 nitrogen and oxygen atoms in total. The van der Waals surface area contributed by atoms with Crippen molar-refractivity contribution in [3.05, 3.63) is 60.9 Å². The normalized spacial score (nSPS) is 14.9. The minimum Gasteiger partial charge on any atom is -0.503 e. The van der Waals surface area contributed by atoms with Crippen LogP contribution in [0.4, 0.5) is 4.79 Å². The molecule has 1 aromatic heterocycles. The number of hydrogen-bond acceptors (Lipinski definition) is 5. The number of ether oxygens (including phenoxy) is 1. The Morgan fingerprint density at radius 3 is 2.36 bits per heavy atom. The first-order valence-electron chi connectivity index (χ1n) is 8.80. The van der Waals surface area contributed by atoms with Crippen LogP contribution in [0.25, 0.3) is 0 Å². The van der Waals surface area contributed by atoms with Crippen LogP contribution in [0.15, 0.2) is 44.2 Å². The van der Waals surface area contributed by atoms with Crippen molar-refractivity contribution in [1.82, 2.24) is 14.4 Å². The quantitative estimate of drug-likeness (QED) is 0.678. The van der Waals surface area contributed by atoms with Gasteiger partial charge in [0.25, 0.3) is 5.56 Å². The van der Waals surface area contributed by atoms with Gasteiger partial charge in [-0.05, 0) is 18.2 Å². The average Bonchev–Trinajstić information content (AvgIpc) is 2.70. The van der Waals surface area contributed by atoms with Gasteiger partial charge >= 0.3 is 6.09 Å². The van der Waals surface area contributed by atoms with E-state index < -0.39 is 5.56 Å². The van der Waals surface area contributed by atoms with E-state index in [9.17, 15) is 14.7 Å². The first-order chi connectivity index (χ1) is 13.4. The van der Waals surface area contributed by atoms with Crippen molar-refractivity contribution in [2.75, 3.05) is 33.3 Å². The third kappa shape index (κ3) is 4.59. The fraction of sp³-hybridized carbons (Fsp3) is 0.368. The first kappa shape index (κ1) is 20.9. The first-order valence-corrected chi connectivity index (χ1v) is 10.4. The van der Waals surface area contributed by atoms with Gasteiger partial charge in [0.1, 0.15) is 0 Å². The van der Waals surface area contributed by atoms with Crippen LogP contribution in [0, 0.1) is 0 Å². The summed E-state index contributed by atoms with van der Waals surface area (Å²) in [6, 6.07) is 7.50. The minimum absolute atomic E-state index is 0.235. The Morgan fingerprint density at radius 1 is 1.11 bits per heavy atom. The van der Waals surface area contributed by atoms with Gasteiger partial charge in [-0.2, -0.15) is 0 Å². The molecule has 1 N–H and O–H groups in total. The van der Waals surface area contributed by atoms with Crippen molar-refractivity contribution in [2.24, 2.45) is 0 Å². The second-order valence-corrected chi connectivity index (χ2v) is 8.26. The molecule has 3 rings (SSSR count). The number of amides is 1. The zero-order chi connectivity index (χ0) is 20.3. The second-order valence-electron chi connectivity index (χ2n) is 6.56. The summed E-state index contributed by atoms with van der Waals surface area (Å²) in [5.74, 6) is -0.235. The summed E-state index contributed by atoms with van der Waals surface area (Å²) in [7, 11) is 1.37. The van der Waals surface area contributed by atoms with Gasteiger partial charge in [-0.15, -0.1) is 0 Å². The number of halogens is 2. The number of methoxy groups -OCH3 is 1. The molecule has 0 unspecified atom stereocenters. The Bertz CT molecular complexity index is 904. The van der Waals surface area contributed by atoms with E-state index >= 15 is 0 Å². The van der Waals surface area contributed by atoms with Gasteiger partial charge in [0.15, 0.2) is 5.75 Å². The monoisotopic (exact) mass is 513 g/mol. The van der Waals surface area contributed by atoms with E-state index in [2.05, 4.69) is 36.8 Å². The Labute approximate surface area is 179 Å². The molecule has 9 heteroatoms. The molecule has 1 saturated heterocycles. The number of carbonyl (C=O) groups excluding carboxylic acids is 1.